The van der Waals surface area contributed by atoms with Gasteiger partial charge in [0.2, 0.25) is 5.91 Å². The highest BCUT2D eigenvalue weighted by molar-refractivity contribution is 5.82. The van der Waals surface area contributed by atoms with Crippen molar-refractivity contribution in [3.05, 3.63) is 66.0 Å². The van der Waals surface area contributed by atoms with Crippen LogP contribution in [0, 0.1) is 0 Å². The summed E-state index contributed by atoms with van der Waals surface area (Å²) >= 11 is 0. The summed E-state index contributed by atoms with van der Waals surface area (Å²) in [6.07, 6.45) is 4.57. The van der Waals surface area contributed by atoms with Crippen LogP contribution in [0.2, 0.25) is 0 Å². The lowest BCUT2D eigenvalue weighted by Gasteiger charge is -2.52. The molecule has 1 atom stereocenters. The number of amides is 1. The molecule has 1 unspecified atom stereocenters. The van der Waals surface area contributed by atoms with Gasteiger partial charge in [0.1, 0.15) is 5.54 Å². The molecule has 2 aromatic rings. The Balaban J connectivity index is 1.40. The van der Waals surface area contributed by atoms with Crippen molar-refractivity contribution < 1.29 is 19.1 Å². The molecule has 1 aromatic carbocycles. The summed E-state index contributed by atoms with van der Waals surface area (Å²) in [5.74, 6) is -0.162. The molecule has 0 aliphatic carbocycles. The van der Waals surface area contributed by atoms with Gasteiger partial charge < -0.3 is 14.8 Å². The van der Waals surface area contributed by atoms with Crippen LogP contribution in [-0.4, -0.2) is 84.7 Å². The number of nitrogens with zero attached hydrogens (tertiary/aromatic N) is 3. The molecule has 2 aliphatic rings. The number of esters is 1. The van der Waals surface area contributed by atoms with Gasteiger partial charge >= 0.3 is 5.97 Å². The highest BCUT2D eigenvalue weighted by atomic mass is 16.5. The number of aromatic nitrogens is 1. The Kier molecular flexibility index (Phi) is 9.29. The second kappa shape index (κ2) is 12.6. The lowest BCUT2D eigenvalue weighted by molar-refractivity contribution is -0.160. The molecule has 1 amide bonds. The van der Waals surface area contributed by atoms with Gasteiger partial charge in [-0.25, -0.2) is 4.79 Å². The van der Waals surface area contributed by atoms with Crippen LogP contribution in [0.15, 0.2) is 54.7 Å². The molecule has 8 heteroatoms. The summed E-state index contributed by atoms with van der Waals surface area (Å²) in [6.45, 7) is 9.25. The second-order valence-corrected chi connectivity index (χ2v) is 10.1. The van der Waals surface area contributed by atoms with E-state index in [4.69, 9.17) is 9.47 Å². The Morgan fingerprint density at radius 3 is 2.41 bits per heavy atom. The van der Waals surface area contributed by atoms with E-state index in [2.05, 4.69) is 20.1 Å². The number of aryl methyl sites for hydroxylation is 1. The minimum absolute atomic E-state index is 0.0501. The Bertz CT molecular complexity index is 1010. The lowest BCUT2D eigenvalue weighted by Crippen LogP contribution is -2.65. The zero-order valence-corrected chi connectivity index (χ0v) is 22.2. The average molecular weight is 509 g/mol. The molecule has 3 heterocycles. The Hall–Kier alpha value is -2.81. The van der Waals surface area contributed by atoms with Crippen LogP contribution >= 0.6 is 0 Å². The minimum atomic E-state index is -0.841. The van der Waals surface area contributed by atoms with E-state index >= 15 is 0 Å². The number of hydrogen-bond donors (Lipinski definition) is 1. The van der Waals surface area contributed by atoms with Gasteiger partial charge in [-0.15, -0.1) is 0 Å². The monoisotopic (exact) mass is 508 g/mol. The third-order valence-electron chi connectivity index (χ3n) is 7.96. The fourth-order valence-electron chi connectivity index (χ4n) is 5.59. The van der Waals surface area contributed by atoms with E-state index in [1.165, 1.54) is 0 Å². The van der Waals surface area contributed by atoms with Gasteiger partial charge in [0, 0.05) is 69.8 Å². The standard InChI is InChI=1S/C29H40N4O4/c1-3-37-27(35)28(2,24-9-5-4-6-10-24)32-17-19-33(20-18-32)29(14-21-36-22-15-29)23-31-26(34)13-12-25-11-7-8-16-30-25/h4-11,16H,3,12-15,17-23H2,1-2H3,(H,31,34). The summed E-state index contributed by atoms with van der Waals surface area (Å²) in [5.41, 5.74) is 0.893. The first kappa shape index (κ1) is 27.2. The van der Waals surface area contributed by atoms with E-state index in [9.17, 15) is 9.59 Å². The van der Waals surface area contributed by atoms with Crippen molar-refractivity contribution >= 4 is 11.9 Å². The third kappa shape index (κ3) is 6.37. The van der Waals surface area contributed by atoms with Crippen LogP contribution in [-0.2, 0) is 31.0 Å². The molecule has 37 heavy (non-hydrogen) atoms. The highest BCUT2D eigenvalue weighted by Gasteiger charge is 2.46. The Morgan fingerprint density at radius 1 is 1.05 bits per heavy atom. The molecule has 1 N–H and O–H groups in total. The van der Waals surface area contributed by atoms with Crippen LogP contribution in [0.5, 0.6) is 0 Å². The number of carbonyl (C=O) groups excluding carboxylic acids is 2. The molecular formula is C29H40N4O4. The third-order valence-corrected chi connectivity index (χ3v) is 7.96. The topological polar surface area (TPSA) is 84.0 Å². The van der Waals surface area contributed by atoms with Gasteiger partial charge in [-0.3, -0.25) is 19.6 Å². The van der Waals surface area contributed by atoms with Gasteiger partial charge in [0.15, 0.2) is 0 Å². The number of rotatable bonds is 10. The molecule has 2 saturated heterocycles. The van der Waals surface area contributed by atoms with Crippen molar-refractivity contribution in [1.82, 2.24) is 20.1 Å². The first-order chi connectivity index (χ1) is 18.0. The van der Waals surface area contributed by atoms with Crippen LogP contribution < -0.4 is 5.32 Å². The molecule has 8 nitrogen and oxygen atoms in total. The van der Waals surface area contributed by atoms with Crippen molar-refractivity contribution in [3.63, 3.8) is 0 Å². The maximum atomic E-state index is 13.2. The lowest BCUT2D eigenvalue weighted by atomic mass is 9.85. The number of piperazine rings is 1. The van der Waals surface area contributed by atoms with Crippen molar-refractivity contribution in [2.75, 3.05) is 52.5 Å². The molecule has 0 saturated carbocycles. The molecular weight excluding hydrogens is 468 g/mol. The van der Waals surface area contributed by atoms with Gasteiger partial charge in [-0.1, -0.05) is 36.4 Å². The average Bonchev–Trinajstić information content (AvgIpc) is 2.96. The number of benzene rings is 1. The van der Waals surface area contributed by atoms with Crippen molar-refractivity contribution in [1.29, 1.82) is 0 Å². The summed E-state index contributed by atoms with van der Waals surface area (Å²) in [7, 11) is 0. The van der Waals surface area contributed by atoms with Crippen LogP contribution in [0.1, 0.15) is 44.4 Å². The van der Waals surface area contributed by atoms with Crippen molar-refractivity contribution in [2.45, 2.75) is 50.6 Å². The predicted octanol–water partition coefficient (Wildman–Crippen LogP) is 2.78. The fraction of sp³-hybridized carbons (Fsp3) is 0.552. The molecule has 0 spiro atoms. The quantitative estimate of drug-likeness (QED) is 0.494. The summed E-state index contributed by atoms with van der Waals surface area (Å²) in [4.78, 5) is 35.0. The van der Waals surface area contributed by atoms with Gasteiger partial charge in [0.05, 0.1) is 6.61 Å². The van der Waals surface area contributed by atoms with Crippen molar-refractivity contribution in [2.24, 2.45) is 0 Å². The van der Waals surface area contributed by atoms with Crippen LogP contribution in [0.25, 0.3) is 0 Å². The zero-order chi connectivity index (χ0) is 26.1. The predicted molar refractivity (Wildman–Crippen MR) is 142 cm³/mol. The molecule has 0 radical (unpaired) electrons. The van der Waals surface area contributed by atoms with E-state index in [0.717, 1.165) is 50.3 Å². The number of ether oxygens (including phenoxy) is 2. The molecule has 0 bridgehead atoms. The number of carbonyl (C=O) groups is 2. The van der Waals surface area contributed by atoms with E-state index in [1.54, 1.807) is 6.20 Å². The van der Waals surface area contributed by atoms with Gasteiger partial charge in [-0.2, -0.15) is 0 Å². The maximum absolute atomic E-state index is 13.2. The largest absolute Gasteiger partial charge is 0.464 e. The van der Waals surface area contributed by atoms with Gasteiger partial charge in [-0.05, 0) is 50.8 Å². The van der Waals surface area contributed by atoms with Gasteiger partial charge in [0.25, 0.3) is 0 Å². The van der Waals surface area contributed by atoms with Crippen LogP contribution in [0.3, 0.4) is 0 Å². The molecule has 2 aliphatic heterocycles. The Labute approximate surface area is 220 Å². The van der Waals surface area contributed by atoms with E-state index in [1.807, 2.05) is 62.4 Å². The molecule has 200 valence electrons. The van der Waals surface area contributed by atoms with Crippen LogP contribution in [0.4, 0.5) is 0 Å². The fourth-order valence-corrected chi connectivity index (χ4v) is 5.59. The van der Waals surface area contributed by atoms with Crippen molar-refractivity contribution in [3.8, 4) is 0 Å². The molecule has 2 fully saturated rings. The zero-order valence-electron chi connectivity index (χ0n) is 22.2. The number of nitrogens with one attached hydrogen (secondary N) is 1. The Morgan fingerprint density at radius 2 is 1.76 bits per heavy atom. The summed E-state index contributed by atoms with van der Waals surface area (Å²) in [5, 5.41) is 3.21. The molecule has 4 rings (SSSR count). The first-order valence-corrected chi connectivity index (χ1v) is 13.5. The number of hydrogen-bond acceptors (Lipinski definition) is 7. The van der Waals surface area contributed by atoms with E-state index in [0.29, 0.717) is 39.2 Å². The number of pyridine rings is 1. The van der Waals surface area contributed by atoms with E-state index in [-0.39, 0.29) is 17.4 Å². The molecule has 1 aromatic heterocycles. The SMILES string of the molecule is CCOC(=O)C(C)(c1ccccc1)N1CCN(C2(CNC(=O)CCc3ccccn3)CCOCC2)CC1. The summed E-state index contributed by atoms with van der Waals surface area (Å²) in [6, 6.07) is 15.7. The smallest absolute Gasteiger partial charge is 0.330 e. The minimum Gasteiger partial charge on any atom is -0.464 e. The first-order valence-electron chi connectivity index (χ1n) is 13.5. The highest BCUT2D eigenvalue weighted by Crippen LogP contribution is 2.34. The van der Waals surface area contributed by atoms with E-state index < -0.39 is 5.54 Å². The second-order valence-electron chi connectivity index (χ2n) is 10.1. The normalized spacial score (nSPS) is 20.1. The maximum Gasteiger partial charge on any atom is 0.330 e. The summed E-state index contributed by atoms with van der Waals surface area (Å²) < 4.78 is 11.2.